The van der Waals surface area contributed by atoms with Gasteiger partial charge < -0.3 is 9.88 Å². The third-order valence-corrected chi connectivity index (χ3v) is 5.97. The van der Waals surface area contributed by atoms with Gasteiger partial charge in [0.1, 0.15) is 0 Å². The van der Waals surface area contributed by atoms with Crippen LogP contribution in [-0.4, -0.2) is 25.9 Å². The second-order valence-corrected chi connectivity index (χ2v) is 8.26. The Labute approximate surface area is 148 Å². The van der Waals surface area contributed by atoms with E-state index in [0.29, 0.717) is 6.54 Å². The second-order valence-electron chi connectivity index (χ2n) is 6.49. The molecule has 0 saturated heterocycles. The Bertz CT molecular complexity index is 916. The standard InChI is InChI=1S/C18H23N3O3S/c1-12-9-16(13(2)20-12)11-19-25(23,24)17-6-7-18-15(10-17)5-4-8-21(18)14(3)22/h6-7,9-10,19-20H,4-5,8,11H2,1-3H3. The van der Waals surface area contributed by atoms with E-state index in [-0.39, 0.29) is 17.3 Å². The van der Waals surface area contributed by atoms with Crippen molar-refractivity contribution in [3.63, 3.8) is 0 Å². The number of H-pyrrole nitrogens is 1. The summed E-state index contributed by atoms with van der Waals surface area (Å²) >= 11 is 0. The van der Waals surface area contributed by atoms with E-state index in [1.165, 1.54) is 6.92 Å². The predicted octanol–water partition coefficient (Wildman–Crippen LogP) is 2.41. The van der Waals surface area contributed by atoms with Crippen LogP contribution in [0.25, 0.3) is 0 Å². The number of sulfonamides is 1. The van der Waals surface area contributed by atoms with E-state index in [2.05, 4.69) is 9.71 Å². The summed E-state index contributed by atoms with van der Waals surface area (Å²) in [5.74, 6) is -0.0204. The van der Waals surface area contributed by atoms with Crippen molar-refractivity contribution >= 4 is 21.6 Å². The Hall–Kier alpha value is -2.12. The zero-order valence-electron chi connectivity index (χ0n) is 14.7. The fraction of sp³-hybridized carbons (Fsp3) is 0.389. The number of aromatic nitrogens is 1. The van der Waals surface area contributed by atoms with Crippen molar-refractivity contribution in [1.82, 2.24) is 9.71 Å². The highest BCUT2D eigenvalue weighted by Crippen LogP contribution is 2.29. The lowest BCUT2D eigenvalue weighted by atomic mass is 10.0. The van der Waals surface area contributed by atoms with E-state index in [1.807, 2.05) is 19.9 Å². The molecule has 0 unspecified atom stereocenters. The van der Waals surface area contributed by atoms with Gasteiger partial charge in [-0.1, -0.05) is 0 Å². The van der Waals surface area contributed by atoms with Crippen LogP contribution in [0.3, 0.4) is 0 Å². The predicted molar refractivity (Wildman–Crippen MR) is 97.1 cm³/mol. The van der Waals surface area contributed by atoms with E-state index in [9.17, 15) is 13.2 Å². The quantitative estimate of drug-likeness (QED) is 0.877. The number of aryl methyl sites for hydroxylation is 3. The van der Waals surface area contributed by atoms with Crippen LogP contribution in [0.2, 0.25) is 0 Å². The first-order chi connectivity index (χ1) is 11.8. The van der Waals surface area contributed by atoms with Gasteiger partial charge in [-0.05, 0) is 62.1 Å². The fourth-order valence-electron chi connectivity index (χ4n) is 3.29. The number of nitrogens with one attached hydrogen (secondary N) is 2. The molecule has 1 amide bonds. The molecule has 25 heavy (non-hydrogen) atoms. The molecule has 1 aliphatic heterocycles. The molecule has 2 N–H and O–H groups in total. The number of benzene rings is 1. The third kappa shape index (κ3) is 3.62. The van der Waals surface area contributed by atoms with Gasteiger partial charge in [-0.25, -0.2) is 13.1 Å². The molecule has 6 nitrogen and oxygen atoms in total. The molecule has 0 aliphatic carbocycles. The van der Waals surface area contributed by atoms with Crippen molar-refractivity contribution < 1.29 is 13.2 Å². The van der Waals surface area contributed by atoms with Gasteiger partial charge in [0.15, 0.2) is 0 Å². The lowest BCUT2D eigenvalue weighted by molar-refractivity contribution is -0.116. The van der Waals surface area contributed by atoms with Crippen LogP contribution in [0, 0.1) is 13.8 Å². The molecule has 0 bridgehead atoms. The first kappa shape index (κ1) is 17.7. The normalized spacial score (nSPS) is 14.4. The molecule has 134 valence electrons. The molecule has 3 rings (SSSR count). The molecule has 0 fully saturated rings. The third-order valence-electron chi connectivity index (χ3n) is 4.57. The minimum atomic E-state index is -3.60. The molecule has 0 spiro atoms. The topological polar surface area (TPSA) is 82.3 Å². The van der Waals surface area contributed by atoms with Crippen LogP contribution in [0.15, 0.2) is 29.2 Å². The summed E-state index contributed by atoms with van der Waals surface area (Å²) in [6.45, 7) is 6.32. The number of amides is 1. The van der Waals surface area contributed by atoms with Gasteiger partial charge >= 0.3 is 0 Å². The molecule has 2 aromatic rings. The van der Waals surface area contributed by atoms with Crippen molar-refractivity contribution in [3.05, 3.63) is 46.8 Å². The molecule has 1 aromatic carbocycles. The van der Waals surface area contributed by atoms with Gasteiger partial charge in [0.05, 0.1) is 4.90 Å². The van der Waals surface area contributed by atoms with Crippen LogP contribution >= 0.6 is 0 Å². The fourth-order valence-corrected chi connectivity index (χ4v) is 4.35. The summed E-state index contributed by atoms with van der Waals surface area (Å²) in [7, 11) is -3.60. The summed E-state index contributed by atoms with van der Waals surface area (Å²) in [4.78, 5) is 16.8. The Balaban J connectivity index is 1.83. The summed E-state index contributed by atoms with van der Waals surface area (Å²) in [5.41, 5.74) is 4.61. The van der Waals surface area contributed by atoms with Crippen molar-refractivity contribution in [2.75, 3.05) is 11.4 Å². The molecule has 1 aromatic heterocycles. The van der Waals surface area contributed by atoms with Crippen LogP contribution in [0.5, 0.6) is 0 Å². The van der Waals surface area contributed by atoms with Gasteiger partial charge in [-0.3, -0.25) is 4.79 Å². The zero-order valence-corrected chi connectivity index (χ0v) is 15.5. The summed E-state index contributed by atoms with van der Waals surface area (Å²) in [6, 6.07) is 6.92. The molecule has 0 atom stereocenters. The van der Waals surface area contributed by atoms with Crippen molar-refractivity contribution in [1.29, 1.82) is 0 Å². The number of anilines is 1. The largest absolute Gasteiger partial charge is 0.362 e. The zero-order chi connectivity index (χ0) is 18.2. The molecular formula is C18H23N3O3S. The molecule has 0 radical (unpaired) electrons. The highest BCUT2D eigenvalue weighted by Gasteiger charge is 2.23. The highest BCUT2D eigenvalue weighted by atomic mass is 32.2. The number of fused-ring (bicyclic) bond motifs is 1. The Morgan fingerprint density at radius 1 is 1.28 bits per heavy atom. The Kier molecular flexibility index (Phi) is 4.71. The van der Waals surface area contributed by atoms with Gasteiger partial charge in [0.2, 0.25) is 15.9 Å². The highest BCUT2D eigenvalue weighted by molar-refractivity contribution is 7.89. The first-order valence-electron chi connectivity index (χ1n) is 8.34. The minimum Gasteiger partial charge on any atom is -0.362 e. The van der Waals surface area contributed by atoms with Crippen LogP contribution in [0.1, 0.15) is 35.9 Å². The molecule has 1 aliphatic rings. The van der Waals surface area contributed by atoms with Gasteiger partial charge in [-0.15, -0.1) is 0 Å². The number of aromatic amines is 1. The number of nitrogens with zero attached hydrogens (tertiary/aromatic N) is 1. The van der Waals surface area contributed by atoms with E-state index in [4.69, 9.17) is 0 Å². The maximum absolute atomic E-state index is 12.6. The van der Waals surface area contributed by atoms with Crippen molar-refractivity contribution in [3.8, 4) is 0 Å². The Morgan fingerprint density at radius 2 is 2.04 bits per heavy atom. The number of rotatable bonds is 4. The number of carbonyl (C=O) groups is 1. The minimum absolute atomic E-state index is 0.0204. The van der Waals surface area contributed by atoms with Gasteiger partial charge in [0.25, 0.3) is 0 Å². The van der Waals surface area contributed by atoms with Crippen LogP contribution < -0.4 is 9.62 Å². The number of carbonyl (C=O) groups excluding carboxylic acids is 1. The Morgan fingerprint density at radius 3 is 2.68 bits per heavy atom. The summed E-state index contributed by atoms with van der Waals surface area (Å²) < 4.78 is 27.9. The van der Waals surface area contributed by atoms with Crippen LogP contribution in [0.4, 0.5) is 5.69 Å². The number of hydrogen-bond acceptors (Lipinski definition) is 3. The lowest BCUT2D eigenvalue weighted by Gasteiger charge is -2.28. The van der Waals surface area contributed by atoms with Crippen molar-refractivity contribution in [2.24, 2.45) is 0 Å². The molecule has 7 heteroatoms. The van der Waals surface area contributed by atoms with Gasteiger partial charge in [0, 0.05) is 37.1 Å². The second kappa shape index (κ2) is 6.65. The maximum Gasteiger partial charge on any atom is 0.240 e. The average molecular weight is 361 g/mol. The SMILES string of the molecule is CC(=O)N1CCCc2cc(S(=O)(=O)NCc3cc(C)[nH]c3C)ccc21. The van der Waals surface area contributed by atoms with Gasteiger partial charge in [-0.2, -0.15) is 0 Å². The summed E-state index contributed by atoms with van der Waals surface area (Å²) in [5, 5.41) is 0. The smallest absolute Gasteiger partial charge is 0.240 e. The van der Waals surface area contributed by atoms with E-state index >= 15 is 0 Å². The lowest BCUT2D eigenvalue weighted by Crippen LogP contribution is -2.33. The monoisotopic (exact) mass is 361 g/mol. The first-order valence-corrected chi connectivity index (χ1v) is 9.82. The van der Waals surface area contributed by atoms with E-state index in [0.717, 1.165) is 41.0 Å². The average Bonchev–Trinajstić information content (AvgIpc) is 2.89. The molecular weight excluding hydrogens is 338 g/mol. The van der Waals surface area contributed by atoms with Crippen LogP contribution in [-0.2, 0) is 27.8 Å². The van der Waals surface area contributed by atoms with E-state index < -0.39 is 10.0 Å². The van der Waals surface area contributed by atoms with E-state index in [1.54, 1.807) is 23.1 Å². The number of hydrogen-bond donors (Lipinski definition) is 2. The maximum atomic E-state index is 12.6. The molecule has 0 saturated carbocycles. The molecule has 2 heterocycles. The van der Waals surface area contributed by atoms with Crippen molar-refractivity contribution in [2.45, 2.75) is 45.1 Å². The summed E-state index contributed by atoms with van der Waals surface area (Å²) in [6.07, 6.45) is 1.61.